The maximum absolute atomic E-state index is 12.0. The Balaban J connectivity index is 2.57. The van der Waals surface area contributed by atoms with Gasteiger partial charge in [0, 0.05) is 18.7 Å². The van der Waals surface area contributed by atoms with Crippen molar-refractivity contribution in [3.05, 3.63) is 0 Å². The summed E-state index contributed by atoms with van der Waals surface area (Å²) < 4.78 is 22.3. The van der Waals surface area contributed by atoms with Gasteiger partial charge in [-0.2, -0.15) is 0 Å². The number of carboxylic acid groups (broad SMARTS) is 1. The SMILES string of the molecule is CC(CS(C)(=O)=O)NC(=O)CC1(CC(=O)O)CCCC1. The van der Waals surface area contributed by atoms with E-state index in [0.717, 1.165) is 31.9 Å². The molecule has 1 saturated carbocycles. The molecule has 2 N–H and O–H groups in total. The molecule has 0 spiro atoms. The molecule has 1 fully saturated rings. The van der Waals surface area contributed by atoms with Crippen LogP contribution in [0, 0.1) is 5.41 Å². The Morgan fingerprint density at radius 1 is 1.25 bits per heavy atom. The van der Waals surface area contributed by atoms with Gasteiger partial charge in [0.15, 0.2) is 0 Å². The van der Waals surface area contributed by atoms with E-state index in [1.807, 2.05) is 0 Å². The largest absolute Gasteiger partial charge is 0.481 e. The minimum atomic E-state index is -3.14. The highest BCUT2D eigenvalue weighted by molar-refractivity contribution is 7.90. The van der Waals surface area contributed by atoms with Gasteiger partial charge in [-0.1, -0.05) is 12.8 Å². The number of amides is 1. The van der Waals surface area contributed by atoms with Crippen LogP contribution in [0.25, 0.3) is 0 Å². The maximum atomic E-state index is 12.0. The van der Waals surface area contributed by atoms with Crippen molar-refractivity contribution >= 4 is 21.7 Å². The molecule has 20 heavy (non-hydrogen) atoms. The van der Waals surface area contributed by atoms with Gasteiger partial charge in [-0.25, -0.2) is 8.42 Å². The number of aliphatic carboxylic acids is 1. The second kappa shape index (κ2) is 6.56. The van der Waals surface area contributed by atoms with Crippen molar-refractivity contribution in [2.75, 3.05) is 12.0 Å². The highest BCUT2D eigenvalue weighted by Crippen LogP contribution is 2.44. The molecule has 1 aliphatic rings. The number of carbonyl (C=O) groups is 2. The van der Waals surface area contributed by atoms with E-state index in [-0.39, 0.29) is 24.5 Å². The zero-order chi connectivity index (χ0) is 15.4. The van der Waals surface area contributed by atoms with Gasteiger partial charge in [-0.05, 0) is 25.2 Å². The van der Waals surface area contributed by atoms with Crippen LogP contribution in [0.5, 0.6) is 0 Å². The van der Waals surface area contributed by atoms with E-state index in [1.165, 1.54) is 0 Å². The molecule has 0 bridgehead atoms. The van der Waals surface area contributed by atoms with Gasteiger partial charge in [0.05, 0.1) is 12.2 Å². The lowest BCUT2D eigenvalue weighted by Crippen LogP contribution is -2.40. The number of hydrogen-bond acceptors (Lipinski definition) is 4. The number of hydrogen-bond donors (Lipinski definition) is 2. The number of rotatable bonds is 7. The Kier molecular flexibility index (Phi) is 5.56. The average molecular weight is 305 g/mol. The van der Waals surface area contributed by atoms with Gasteiger partial charge in [-0.3, -0.25) is 9.59 Å². The third kappa shape index (κ3) is 5.90. The Bertz CT molecular complexity index is 465. The van der Waals surface area contributed by atoms with Crippen molar-refractivity contribution in [1.82, 2.24) is 5.32 Å². The molecule has 1 amide bonds. The van der Waals surface area contributed by atoms with Crippen LogP contribution in [0.1, 0.15) is 45.4 Å². The molecule has 1 aliphatic carbocycles. The van der Waals surface area contributed by atoms with Crippen molar-refractivity contribution < 1.29 is 23.1 Å². The van der Waals surface area contributed by atoms with E-state index in [1.54, 1.807) is 6.92 Å². The predicted molar refractivity (Wildman–Crippen MR) is 75.1 cm³/mol. The van der Waals surface area contributed by atoms with Gasteiger partial charge < -0.3 is 10.4 Å². The summed E-state index contributed by atoms with van der Waals surface area (Å²) in [5, 5.41) is 11.6. The van der Waals surface area contributed by atoms with Crippen LogP contribution in [0.2, 0.25) is 0 Å². The predicted octanol–water partition coefficient (Wildman–Crippen LogP) is 0.961. The van der Waals surface area contributed by atoms with Crippen LogP contribution in [0.3, 0.4) is 0 Å². The Morgan fingerprint density at radius 3 is 2.25 bits per heavy atom. The highest BCUT2D eigenvalue weighted by atomic mass is 32.2. The molecule has 0 heterocycles. The first-order chi connectivity index (χ1) is 9.12. The van der Waals surface area contributed by atoms with Crippen LogP contribution in [-0.2, 0) is 19.4 Å². The summed E-state index contributed by atoms with van der Waals surface area (Å²) in [6, 6.07) is -0.458. The van der Waals surface area contributed by atoms with Crippen molar-refractivity contribution in [3.8, 4) is 0 Å². The van der Waals surface area contributed by atoms with E-state index >= 15 is 0 Å². The van der Waals surface area contributed by atoms with E-state index < -0.39 is 27.3 Å². The molecule has 0 radical (unpaired) electrons. The lowest BCUT2D eigenvalue weighted by Gasteiger charge is -2.27. The average Bonchev–Trinajstić information content (AvgIpc) is 2.60. The van der Waals surface area contributed by atoms with Crippen molar-refractivity contribution in [3.63, 3.8) is 0 Å². The lowest BCUT2D eigenvalue weighted by molar-refractivity contribution is -0.140. The Hall–Kier alpha value is -1.11. The van der Waals surface area contributed by atoms with E-state index in [0.29, 0.717) is 0 Å². The van der Waals surface area contributed by atoms with Crippen molar-refractivity contribution in [1.29, 1.82) is 0 Å². The van der Waals surface area contributed by atoms with Crippen LogP contribution in [0.4, 0.5) is 0 Å². The molecule has 1 unspecified atom stereocenters. The van der Waals surface area contributed by atoms with Crippen LogP contribution >= 0.6 is 0 Å². The fraction of sp³-hybridized carbons (Fsp3) is 0.846. The smallest absolute Gasteiger partial charge is 0.303 e. The lowest BCUT2D eigenvalue weighted by atomic mass is 9.79. The molecule has 0 saturated heterocycles. The number of carboxylic acids is 1. The van der Waals surface area contributed by atoms with E-state index in [9.17, 15) is 18.0 Å². The molecule has 6 nitrogen and oxygen atoms in total. The summed E-state index contributed by atoms with van der Waals surface area (Å²) in [6.07, 6.45) is 4.66. The summed E-state index contributed by atoms with van der Waals surface area (Å²) in [7, 11) is -3.14. The summed E-state index contributed by atoms with van der Waals surface area (Å²) in [4.78, 5) is 22.9. The summed E-state index contributed by atoms with van der Waals surface area (Å²) in [5.41, 5.74) is -0.458. The molecule has 7 heteroatoms. The third-order valence-corrected chi connectivity index (χ3v) is 4.79. The number of nitrogens with one attached hydrogen (secondary N) is 1. The van der Waals surface area contributed by atoms with Crippen molar-refractivity contribution in [2.24, 2.45) is 5.41 Å². The zero-order valence-corrected chi connectivity index (χ0v) is 12.8. The molecule has 0 aliphatic heterocycles. The van der Waals surface area contributed by atoms with Gasteiger partial charge in [0.2, 0.25) is 5.91 Å². The quantitative estimate of drug-likeness (QED) is 0.729. The van der Waals surface area contributed by atoms with E-state index in [2.05, 4.69) is 5.32 Å². The fourth-order valence-electron chi connectivity index (χ4n) is 3.02. The standard InChI is InChI=1S/C13H23NO5S/c1-10(9-20(2,18)19)14-11(15)7-13(8-12(16)17)5-3-4-6-13/h10H,3-9H2,1-2H3,(H,14,15)(H,16,17). The maximum Gasteiger partial charge on any atom is 0.303 e. The Morgan fingerprint density at radius 2 is 1.80 bits per heavy atom. The molecule has 1 rings (SSSR count). The fourth-order valence-corrected chi connectivity index (χ4v) is 4.02. The normalized spacial score (nSPS) is 19.5. The summed E-state index contributed by atoms with van der Waals surface area (Å²) in [6.45, 7) is 1.64. The first-order valence-electron chi connectivity index (χ1n) is 6.81. The minimum Gasteiger partial charge on any atom is -0.481 e. The zero-order valence-electron chi connectivity index (χ0n) is 12.0. The molecule has 0 aromatic heterocycles. The number of sulfone groups is 1. The minimum absolute atomic E-state index is 0.000870. The second-order valence-electron chi connectivity index (χ2n) is 6.02. The van der Waals surface area contributed by atoms with Crippen LogP contribution in [-0.4, -0.2) is 43.5 Å². The first kappa shape index (κ1) is 16.9. The third-order valence-electron chi connectivity index (χ3n) is 3.69. The van der Waals surface area contributed by atoms with E-state index in [4.69, 9.17) is 5.11 Å². The molecule has 116 valence electrons. The summed E-state index contributed by atoms with van der Waals surface area (Å²) >= 11 is 0. The second-order valence-corrected chi connectivity index (χ2v) is 8.20. The number of carbonyl (C=O) groups excluding carboxylic acids is 1. The van der Waals surface area contributed by atoms with Crippen molar-refractivity contribution in [2.45, 2.75) is 51.5 Å². The monoisotopic (exact) mass is 305 g/mol. The first-order valence-corrected chi connectivity index (χ1v) is 8.87. The van der Waals surface area contributed by atoms with Gasteiger partial charge in [-0.15, -0.1) is 0 Å². The topological polar surface area (TPSA) is 101 Å². The molecule has 1 atom stereocenters. The molecular weight excluding hydrogens is 282 g/mol. The Labute approximate surface area is 119 Å². The summed E-state index contributed by atoms with van der Waals surface area (Å²) in [5.74, 6) is -1.25. The molecular formula is C13H23NO5S. The van der Waals surface area contributed by atoms with Gasteiger partial charge >= 0.3 is 5.97 Å². The van der Waals surface area contributed by atoms with Gasteiger partial charge in [0.25, 0.3) is 0 Å². The highest BCUT2D eigenvalue weighted by Gasteiger charge is 2.38. The molecule has 0 aromatic carbocycles. The van der Waals surface area contributed by atoms with Gasteiger partial charge in [0.1, 0.15) is 9.84 Å². The molecule has 0 aromatic rings. The van der Waals surface area contributed by atoms with Crippen LogP contribution < -0.4 is 5.32 Å². The van der Waals surface area contributed by atoms with Crippen LogP contribution in [0.15, 0.2) is 0 Å².